The van der Waals surface area contributed by atoms with Gasteiger partial charge in [-0.2, -0.15) is 5.10 Å². The molecule has 0 fully saturated rings. The molecule has 2 heterocycles. The highest BCUT2D eigenvalue weighted by molar-refractivity contribution is 5.93. The van der Waals surface area contributed by atoms with E-state index in [0.717, 1.165) is 16.5 Å². The standard InChI is InChI=1S/C14H13N5O3/c20-13(12-16-7-17-19-12)18-11(14(21)22)5-8-6-15-10-4-2-1-3-9(8)10/h1-4,6-7,11,15H,5H2,(H,18,20)(H,21,22)(H,16,17,19)/t11-/m0/s1. The van der Waals surface area contributed by atoms with Crippen LogP contribution in [0.4, 0.5) is 0 Å². The van der Waals surface area contributed by atoms with Crippen molar-refractivity contribution in [2.45, 2.75) is 12.5 Å². The first-order valence-corrected chi connectivity index (χ1v) is 6.59. The number of aromatic nitrogens is 4. The van der Waals surface area contributed by atoms with Crippen LogP contribution in [0.5, 0.6) is 0 Å². The molecule has 4 N–H and O–H groups in total. The predicted octanol–water partition coefficient (Wildman–Crippen LogP) is 0.712. The number of carboxylic acids is 1. The molecule has 0 aliphatic heterocycles. The zero-order valence-corrected chi connectivity index (χ0v) is 11.4. The molecule has 0 spiro atoms. The summed E-state index contributed by atoms with van der Waals surface area (Å²) >= 11 is 0. The second kappa shape index (κ2) is 5.68. The van der Waals surface area contributed by atoms with Crippen molar-refractivity contribution >= 4 is 22.8 Å². The maximum atomic E-state index is 11.9. The summed E-state index contributed by atoms with van der Waals surface area (Å²) in [7, 11) is 0. The lowest BCUT2D eigenvalue weighted by Gasteiger charge is -2.13. The third-order valence-electron chi connectivity index (χ3n) is 3.33. The van der Waals surface area contributed by atoms with Crippen LogP contribution in [-0.4, -0.2) is 43.2 Å². The van der Waals surface area contributed by atoms with Crippen molar-refractivity contribution < 1.29 is 14.7 Å². The van der Waals surface area contributed by atoms with Crippen LogP contribution in [0.2, 0.25) is 0 Å². The van der Waals surface area contributed by atoms with Crippen LogP contribution in [0, 0.1) is 0 Å². The van der Waals surface area contributed by atoms with Crippen LogP contribution >= 0.6 is 0 Å². The predicted molar refractivity (Wildman–Crippen MR) is 77.3 cm³/mol. The van der Waals surface area contributed by atoms with Crippen LogP contribution in [0.3, 0.4) is 0 Å². The highest BCUT2D eigenvalue weighted by Crippen LogP contribution is 2.19. The Morgan fingerprint density at radius 3 is 2.86 bits per heavy atom. The molecule has 0 bridgehead atoms. The molecule has 0 radical (unpaired) electrons. The molecule has 0 saturated carbocycles. The summed E-state index contributed by atoms with van der Waals surface area (Å²) in [5.74, 6) is -1.74. The SMILES string of the molecule is O=C(N[C@@H](Cc1c[nH]c2ccccc12)C(=O)O)c1ncn[nH]1. The Balaban J connectivity index is 1.80. The first-order chi connectivity index (χ1) is 10.6. The monoisotopic (exact) mass is 299 g/mol. The van der Waals surface area contributed by atoms with E-state index in [-0.39, 0.29) is 12.2 Å². The molecule has 112 valence electrons. The Hall–Kier alpha value is -3.16. The van der Waals surface area contributed by atoms with Crippen molar-refractivity contribution in [3.63, 3.8) is 0 Å². The van der Waals surface area contributed by atoms with Crippen molar-refractivity contribution in [1.82, 2.24) is 25.5 Å². The maximum Gasteiger partial charge on any atom is 0.326 e. The molecule has 3 rings (SSSR count). The summed E-state index contributed by atoms with van der Waals surface area (Å²) in [6, 6.07) is 6.52. The number of aliphatic carboxylic acids is 1. The number of carbonyl (C=O) groups is 2. The molecule has 8 heteroatoms. The van der Waals surface area contributed by atoms with E-state index < -0.39 is 17.9 Å². The summed E-state index contributed by atoms with van der Waals surface area (Å²) in [5, 5.41) is 18.6. The summed E-state index contributed by atoms with van der Waals surface area (Å²) < 4.78 is 0. The van der Waals surface area contributed by atoms with Gasteiger partial charge in [0.25, 0.3) is 5.91 Å². The molecular formula is C14H13N5O3. The van der Waals surface area contributed by atoms with E-state index in [1.54, 1.807) is 6.20 Å². The Labute approximate surface area is 124 Å². The molecule has 22 heavy (non-hydrogen) atoms. The van der Waals surface area contributed by atoms with Crippen LogP contribution in [0.1, 0.15) is 16.2 Å². The van der Waals surface area contributed by atoms with Crippen LogP contribution < -0.4 is 5.32 Å². The third-order valence-corrected chi connectivity index (χ3v) is 3.33. The lowest BCUT2D eigenvalue weighted by molar-refractivity contribution is -0.139. The first kappa shape index (κ1) is 13.8. The number of benzene rings is 1. The Morgan fingerprint density at radius 2 is 2.14 bits per heavy atom. The summed E-state index contributed by atoms with van der Waals surface area (Å²) in [5.41, 5.74) is 1.74. The molecule has 0 unspecified atom stereocenters. The van der Waals surface area contributed by atoms with Gasteiger partial charge in [0.2, 0.25) is 5.82 Å². The van der Waals surface area contributed by atoms with E-state index in [4.69, 9.17) is 0 Å². The van der Waals surface area contributed by atoms with Gasteiger partial charge < -0.3 is 15.4 Å². The number of H-pyrrole nitrogens is 2. The molecule has 2 aromatic heterocycles. The van der Waals surface area contributed by atoms with Crippen molar-refractivity contribution in [1.29, 1.82) is 0 Å². The molecule has 3 aromatic rings. The highest BCUT2D eigenvalue weighted by Gasteiger charge is 2.23. The van der Waals surface area contributed by atoms with E-state index in [1.807, 2.05) is 24.3 Å². The molecular weight excluding hydrogens is 286 g/mol. The fourth-order valence-corrected chi connectivity index (χ4v) is 2.26. The van der Waals surface area contributed by atoms with Crippen LogP contribution in [-0.2, 0) is 11.2 Å². The van der Waals surface area contributed by atoms with Gasteiger partial charge in [0, 0.05) is 23.5 Å². The number of rotatable bonds is 5. The average molecular weight is 299 g/mol. The number of aromatic amines is 2. The van der Waals surface area contributed by atoms with Gasteiger partial charge in [-0.15, -0.1) is 0 Å². The lowest BCUT2D eigenvalue weighted by Crippen LogP contribution is -2.42. The van der Waals surface area contributed by atoms with E-state index in [1.165, 1.54) is 6.33 Å². The number of hydrogen-bond donors (Lipinski definition) is 4. The van der Waals surface area contributed by atoms with Crippen molar-refractivity contribution in [2.75, 3.05) is 0 Å². The highest BCUT2D eigenvalue weighted by atomic mass is 16.4. The van der Waals surface area contributed by atoms with E-state index in [9.17, 15) is 14.7 Å². The summed E-state index contributed by atoms with van der Waals surface area (Å²) in [6.07, 6.45) is 3.10. The van der Waals surface area contributed by atoms with Gasteiger partial charge >= 0.3 is 5.97 Å². The van der Waals surface area contributed by atoms with Gasteiger partial charge in [-0.25, -0.2) is 9.78 Å². The smallest absolute Gasteiger partial charge is 0.326 e. The number of carbonyl (C=O) groups excluding carboxylic acids is 1. The summed E-state index contributed by atoms with van der Waals surface area (Å²) in [4.78, 5) is 30.1. The minimum absolute atomic E-state index is 0.0230. The van der Waals surface area contributed by atoms with Gasteiger partial charge in [0.1, 0.15) is 12.4 Å². The van der Waals surface area contributed by atoms with Crippen LogP contribution in [0.15, 0.2) is 36.8 Å². The molecule has 0 aliphatic carbocycles. The topological polar surface area (TPSA) is 124 Å². The Bertz CT molecular complexity index is 809. The Kier molecular flexibility index (Phi) is 3.57. The van der Waals surface area contributed by atoms with Crippen LogP contribution in [0.25, 0.3) is 10.9 Å². The zero-order valence-electron chi connectivity index (χ0n) is 11.4. The van der Waals surface area contributed by atoms with E-state index in [2.05, 4.69) is 25.5 Å². The minimum atomic E-state index is -1.11. The number of amides is 1. The van der Waals surface area contributed by atoms with Gasteiger partial charge in [-0.3, -0.25) is 9.89 Å². The van der Waals surface area contributed by atoms with E-state index >= 15 is 0 Å². The lowest BCUT2D eigenvalue weighted by atomic mass is 10.0. The molecule has 1 amide bonds. The van der Waals surface area contributed by atoms with Gasteiger partial charge in [0.15, 0.2) is 0 Å². The Morgan fingerprint density at radius 1 is 1.32 bits per heavy atom. The number of para-hydroxylation sites is 1. The van der Waals surface area contributed by atoms with Crippen molar-refractivity contribution in [3.8, 4) is 0 Å². The fraction of sp³-hybridized carbons (Fsp3) is 0.143. The number of fused-ring (bicyclic) bond motifs is 1. The zero-order chi connectivity index (χ0) is 15.5. The van der Waals surface area contributed by atoms with E-state index in [0.29, 0.717) is 0 Å². The normalized spacial score (nSPS) is 12.2. The molecule has 1 atom stereocenters. The van der Waals surface area contributed by atoms with Gasteiger partial charge in [0.05, 0.1) is 0 Å². The third kappa shape index (κ3) is 2.66. The maximum absolute atomic E-state index is 11.9. The second-order valence-electron chi connectivity index (χ2n) is 4.76. The fourth-order valence-electron chi connectivity index (χ4n) is 2.26. The molecule has 0 aliphatic rings. The van der Waals surface area contributed by atoms with Gasteiger partial charge in [-0.1, -0.05) is 18.2 Å². The average Bonchev–Trinajstić information content (AvgIpc) is 3.16. The first-order valence-electron chi connectivity index (χ1n) is 6.59. The quantitative estimate of drug-likeness (QED) is 0.552. The minimum Gasteiger partial charge on any atom is -0.480 e. The van der Waals surface area contributed by atoms with Crippen molar-refractivity contribution in [2.24, 2.45) is 0 Å². The number of carboxylic acid groups (broad SMARTS) is 1. The number of nitrogens with one attached hydrogen (secondary N) is 3. The van der Waals surface area contributed by atoms with Gasteiger partial charge in [-0.05, 0) is 11.6 Å². The molecule has 8 nitrogen and oxygen atoms in total. The molecule has 0 saturated heterocycles. The van der Waals surface area contributed by atoms with Crippen molar-refractivity contribution in [3.05, 3.63) is 48.2 Å². The molecule has 1 aromatic carbocycles. The largest absolute Gasteiger partial charge is 0.480 e. The number of nitrogens with zero attached hydrogens (tertiary/aromatic N) is 2. The second-order valence-corrected chi connectivity index (χ2v) is 4.76. The number of hydrogen-bond acceptors (Lipinski definition) is 4. The summed E-state index contributed by atoms with van der Waals surface area (Å²) in [6.45, 7) is 0.